The molecule has 3 aromatic rings. The molecule has 0 aliphatic carbocycles. The lowest BCUT2D eigenvalue weighted by Crippen LogP contribution is -2.32. The van der Waals surface area contributed by atoms with Crippen LogP contribution in [0.15, 0.2) is 91.0 Å². The summed E-state index contributed by atoms with van der Waals surface area (Å²) in [7, 11) is 0. The molecule has 0 spiro atoms. The van der Waals surface area contributed by atoms with Crippen LogP contribution in [-0.4, -0.2) is 4.90 Å². The minimum absolute atomic E-state index is 0.326. The van der Waals surface area contributed by atoms with Gasteiger partial charge in [-0.2, -0.15) is 0 Å². The van der Waals surface area contributed by atoms with Gasteiger partial charge in [0.2, 0.25) is 0 Å². The van der Waals surface area contributed by atoms with Gasteiger partial charge in [-0.15, -0.1) is 0 Å². The van der Waals surface area contributed by atoms with Crippen molar-refractivity contribution < 1.29 is 0 Å². The Balaban J connectivity index is 1.99. The van der Waals surface area contributed by atoms with E-state index in [4.69, 9.17) is 0 Å². The predicted molar refractivity (Wildman–Crippen MR) is 106 cm³/mol. The van der Waals surface area contributed by atoms with E-state index in [0.717, 1.165) is 0 Å². The summed E-state index contributed by atoms with van der Waals surface area (Å²) < 4.78 is 0. The quantitative estimate of drug-likeness (QED) is 0.494. The molecule has 1 heteroatoms. The number of rotatable bonds is 6. The Morgan fingerprint density at radius 1 is 0.440 bits per heavy atom. The van der Waals surface area contributed by atoms with Crippen molar-refractivity contribution in [2.24, 2.45) is 0 Å². The third-order valence-electron chi connectivity index (χ3n) is 5.19. The van der Waals surface area contributed by atoms with Crippen molar-refractivity contribution >= 4 is 0 Å². The van der Waals surface area contributed by atoms with Gasteiger partial charge in [0.05, 0.1) is 0 Å². The second kappa shape index (κ2) is 8.13. The van der Waals surface area contributed by atoms with Crippen LogP contribution in [0, 0.1) is 0 Å². The third-order valence-corrected chi connectivity index (χ3v) is 5.19. The van der Waals surface area contributed by atoms with E-state index in [9.17, 15) is 0 Å². The average Bonchev–Trinajstić information content (AvgIpc) is 2.70. The topological polar surface area (TPSA) is 3.24 Å². The van der Waals surface area contributed by atoms with Crippen molar-refractivity contribution in [3.8, 4) is 0 Å². The van der Waals surface area contributed by atoms with Gasteiger partial charge >= 0.3 is 0 Å². The second-order valence-electron chi connectivity index (χ2n) is 6.71. The predicted octanol–water partition coefficient (Wildman–Crippen LogP) is 6.57. The zero-order chi connectivity index (χ0) is 17.6. The van der Waals surface area contributed by atoms with Crippen LogP contribution in [0.4, 0.5) is 0 Å². The van der Waals surface area contributed by atoms with Gasteiger partial charge in [-0.25, -0.2) is 0 Å². The Morgan fingerprint density at radius 2 is 0.680 bits per heavy atom. The van der Waals surface area contributed by atoms with Crippen molar-refractivity contribution in [3.63, 3.8) is 0 Å². The van der Waals surface area contributed by atoms with E-state index in [0.29, 0.717) is 18.1 Å². The SMILES string of the molecule is C[C@@H](c1ccccc1)N([C@@H](C)c1ccccc1)[C@@H](C)c1ccccc1. The van der Waals surface area contributed by atoms with Gasteiger partial charge in [0, 0.05) is 18.1 Å². The van der Waals surface area contributed by atoms with Crippen LogP contribution in [0.5, 0.6) is 0 Å². The highest BCUT2D eigenvalue weighted by molar-refractivity contribution is 5.25. The maximum absolute atomic E-state index is 2.61. The Morgan fingerprint density at radius 3 is 0.920 bits per heavy atom. The van der Waals surface area contributed by atoms with E-state index in [1.807, 2.05) is 0 Å². The Bertz CT molecular complexity index is 644. The lowest BCUT2D eigenvalue weighted by molar-refractivity contribution is 0.103. The van der Waals surface area contributed by atoms with Crippen LogP contribution < -0.4 is 0 Å². The number of benzene rings is 3. The molecule has 128 valence electrons. The van der Waals surface area contributed by atoms with Crippen LogP contribution in [0.2, 0.25) is 0 Å². The first-order chi connectivity index (χ1) is 12.2. The molecule has 0 radical (unpaired) electrons. The monoisotopic (exact) mass is 329 g/mol. The summed E-state index contributed by atoms with van der Waals surface area (Å²) in [5.41, 5.74) is 4.06. The lowest BCUT2D eigenvalue weighted by Gasteiger charge is -2.40. The summed E-state index contributed by atoms with van der Waals surface area (Å²) in [5, 5.41) is 0. The van der Waals surface area contributed by atoms with Gasteiger partial charge in [-0.3, -0.25) is 4.90 Å². The summed E-state index contributed by atoms with van der Waals surface area (Å²) in [4.78, 5) is 2.61. The third kappa shape index (κ3) is 4.00. The van der Waals surface area contributed by atoms with E-state index in [1.165, 1.54) is 16.7 Å². The smallest absolute Gasteiger partial charge is 0.0331 e. The van der Waals surface area contributed by atoms with E-state index in [1.54, 1.807) is 0 Å². The summed E-state index contributed by atoms with van der Waals surface area (Å²) in [6, 6.07) is 33.4. The van der Waals surface area contributed by atoms with Crippen molar-refractivity contribution in [1.29, 1.82) is 0 Å². The average molecular weight is 329 g/mol. The fourth-order valence-electron chi connectivity index (χ4n) is 3.72. The van der Waals surface area contributed by atoms with Crippen molar-refractivity contribution in [1.82, 2.24) is 4.90 Å². The Kier molecular flexibility index (Phi) is 5.67. The molecule has 0 fully saturated rings. The van der Waals surface area contributed by atoms with Crippen molar-refractivity contribution in [3.05, 3.63) is 108 Å². The van der Waals surface area contributed by atoms with Crippen LogP contribution in [0.3, 0.4) is 0 Å². The van der Waals surface area contributed by atoms with Crippen LogP contribution in [0.1, 0.15) is 55.6 Å². The standard InChI is InChI=1S/C24H27N/c1-19(22-13-7-4-8-14-22)25(20(2)23-15-9-5-10-16-23)21(3)24-17-11-6-12-18-24/h4-21H,1-3H3/t19-,20-,21-/m0/s1. The Labute approximate surface area is 151 Å². The Hall–Kier alpha value is -2.38. The molecule has 0 heterocycles. The fourth-order valence-corrected chi connectivity index (χ4v) is 3.72. The maximum atomic E-state index is 2.61. The van der Waals surface area contributed by atoms with E-state index in [-0.39, 0.29) is 0 Å². The first-order valence-corrected chi connectivity index (χ1v) is 9.10. The lowest BCUT2D eigenvalue weighted by atomic mass is 9.96. The minimum atomic E-state index is 0.326. The second-order valence-corrected chi connectivity index (χ2v) is 6.71. The van der Waals surface area contributed by atoms with Gasteiger partial charge < -0.3 is 0 Å². The molecule has 0 amide bonds. The van der Waals surface area contributed by atoms with Gasteiger partial charge in [0.15, 0.2) is 0 Å². The molecule has 3 aromatic carbocycles. The van der Waals surface area contributed by atoms with Gasteiger partial charge in [0.25, 0.3) is 0 Å². The van der Waals surface area contributed by atoms with Crippen LogP contribution >= 0.6 is 0 Å². The molecule has 0 aliphatic rings. The molecule has 0 unspecified atom stereocenters. The van der Waals surface area contributed by atoms with Gasteiger partial charge in [-0.05, 0) is 37.5 Å². The highest BCUT2D eigenvalue weighted by Gasteiger charge is 2.28. The zero-order valence-electron chi connectivity index (χ0n) is 15.3. The number of hydrogen-bond acceptors (Lipinski definition) is 1. The molecule has 3 atom stereocenters. The summed E-state index contributed by atoms with van der Waals surface area (Å²) in [6.45, 7) is 6.94. The van der Waals surface area contributed by atoms with Gasteiger partial charge in [-0.1, -0.05) is 91.0 Å². The maximum Gasteiger partial charge on any atom is 0.0331 e. The highest BCUT2D eigenvalue weighted by atomic mass is 15.2. The molecule has 25 heavy (non-hydrogen) atoms. The van der Waals surface area contributed by atoms with Gasteiger partial charge in [0.1, 0.15) is 0 Å². The molecule has 0 N–H and O–H groups in total. The normalized spacial score (nSPS) is 14.9. The summed E-state index contributed by atoms with van der Waals surface area (Å²) >= 11 is 0. The first-order valence-electron chi connectivity index (χ1n) is 9.10. The minimum Gasteiger partial charge on any atom is -0.283 e. The molecule has 0 bridgehead atoms. The molecule has 0 saturated carbocycles. The van der Waals surface area contributed by atoms with Crippen LogP contribution in [-0.2, 0) is 0 Å². The highest BCUT2D eigenvalue weighted by Crippen LogP contribution is 2.38. The molecule has 0 aliphatic heterocycles. The summed E-state index contributed by atoms with van der Waals surface area (Å²) in [5.74, 6) is 0. The molecule has 0 aromatic heterocycles. The molecule has 3 rings (SSSR count). The van der Waals surface area contributed by atoms with E-state index >= 15 is 0 Å². The van der Waals surface area contributed by atoms with Crippen LogP contribution in [0.25, 0.3) is 0 Å². The summed E-state index contributed by atoms with van der Waals surface area (Å²) in [6.07, 6.45) is 0. The number of hydrogen-bond donors (Lipinski definition) is 0. The molecule has 1 nitrogen and oxygen atoms in total. The molecular weight excluding hydrogens is 302 g/mol. The first kappa shape index (κ1) is 17.4. The van der Waals surface area contributed by atoms with Crippen molar-refractivity contribution in [2.75, 3.05) is 0 Å². The van der Waals surface area contributed by atoms with E-state index in [2.05, 4.69) is 117 Å². The molecule has 0 saturated heterocycles. The van der Waals surface area contributed by atoms with E-state index < -0.39 is 0 Å². The fraction of sp³-hybridized carbons (Fsp3) is 0.250. The zero-order valence-corrected chi connectivity index (χ0v) is 15.3. The number of nitrogens with zero attached hydrogens (tertiary/aromatic N) is 1. The largest absolute Gasteiger partial charge is 0.283 e. The molecular formula is C24H27N. The van der Waals surface area contributed by atoms with Crippen molar-refractivity contribution in [2.45, 2.75) is 38.9 Å².